The largest absolute Gasteiger partial charge is 0.355 e. The van der Waals surface area contributed by atoms with Crippen LogP contribution in [-0.4, -0.2) is 34.2 Å². The molecule has 2 N–H and O–H groups in total. The summed E-state index contributed by atoms with van der Waals surface area (Å²) in [6.07, 6.45) is 0.356. The van der Waals surface area contributed by atoms with Crippen LogP contribution in [0.4, 0.5) is 11.4 Å². The van der Waals surface area contributed by atoms with E-state index in [1.54, 1.807) is 6.92 Å². The van der Waals surface area contributed by atoms with Gasteiger partial charge in [0.2, 0.25) is 5.91 Å². The zero-order valence-corrected chi connectivity index (χ0v) is 14.1. The number of nitro benzene ring substituents is 2. The number of benzene rings is 1. The molecule has 0 bridgehead atoms. The smallest absolute Gasteiger partial charge is 0.277 e. The lowest BCUT2D eigenvalue weighted by Gasteiger charge is -2.19. The molecule has 0 aliphatic heterocycles. The summed E-state index contributed by atoms with van der Waals surface area (Å²) in [5.41, 5.74) is -1.39. The van der Waals surface area contributed by atoms with Gasteiger partial charge in [0.1, 0.15) is 6.04 Å². The van der Waals surface area contributed by atoms with E-state index in [0.717, 1.165) is 18.2 Å². The van der Waals surface area contributed by atoms with Gasteiger partial charge in [-0.15, -0.1) is 0 Å². The summed E-state index contributed by atoms with van der Waals surface area (Å²) in [4.78, 5) is 44.6. The fourth-order valence-electron chi connectivity index (χ4n) is 2.18. The highest BCUT2D eigenvalue weighted by Crippen LogP contribution is 2.23. The normalized spacial score (nSPS) is 11.7. The number of hydrogen-bond donors (Lipinski definition) is 2. The predicted octanol–water partition coefficient (Wildman–Crippen LogP) is 1.78. The van der Waals surface area contributed by atoms with Gasteiger partial charge in [-0.25, -0.2) is 0 Å². The number of rotatable bonds is 8. The van der Waals surface area contributed by atoms with Crippen LogP contribution in [0.15, 0.2) is 18.2 Å². The maximum Gasteiger partial charge on any atom is 0.277 e. The molecule has 0 fully saturated rings. The lowest BCUT2D eigenvalue weighted by atomic mass is 10.0. The van der Waals surface area contributed by atoms with Gasteiger partial charge in [0.05, 0.1) is 21.5 Å². The fraction of sp³-hybridized carbons (Fsp3) is 0.467. The van der Waals surface area contributed by atoms with Gasteiger partial charge in [0, 0.05) is 18.7 Å². The Labute approximate surface area is 143 Å². The van der Waals surface area contributed by atoms with Crippen molar-refractivity contribution < 1.29 is 19.4 Å². The Balaban J connectivity index is 3.13. The Kier molecular flexibility index (Phi) is 6.97. The molecule has 1 aromatic rings. The van der Waals surface area contributed by atoms with E-state index in [-0.39, 0.29) is 17.4 Å². The molecule has 0 aliphatic rings. The third-order valence-corrected chi connectivity index (χ3v) is 3.27. The number of carbonyl (C=O) groups is 2. The molecule has 1 unspecified atom stereocenters. The number of nitrogens with one attached hydrogen (secondary N) is 2. The molecule has 0 saturated carbocycles. The van der Waals surface area contributed by atoms with Crippen molar-refractivity contribution in [2.24, 2.45) is 5.92 Å². The predicted molar refractivity (Wildman–Crippen MR) is 89.1 cm³/mol. The van der Waals surface area contributed by atoms with Crippen molar-refractivity contribution in [3.05, 3.63) is 44.0 Å². The molecule has 1 aromatic carbocycles. The monoisotopic (exact) mass is 352 g/mol. The van der Waals surface area contributed by atoms with E-state index in [1.165, 1.54) is 0 Å². The highest BCUT2D eigenvalue weighted by atomic mass is 16.6. The van der Waals surface area contributed by atoms with E-state index >= 15 is 0 Å². The maximum absolute atomic E-state index is 12.4. The highest BCUT2D eigenvalue weighted by Gasteiger charge is 2.25. The van der Waals surface area contributed by atoms with Gasteiger partial charge < -0.3 is 10.6 Å². The average Bonchev–Trinajstić information content (AvgIpc) is 2.53. The zero-order chi connectivity index (χ0) is 19.1. The van der Waals surface area contributed by atoms with E-state index in [2.05, 4.69) is 10.6 Å². The minimum atomic E-state index is -0.842. The summed E-state index contributed by atoms with van der Waals surface area (Å²) < 4.78 is 0. The number of likely N-dealkylation sites (N-methyl/N-ethyl adjacent to an activating group) is 1. The first-order valence-corrected chi connectivity index (χ1v) is 7.68. The second-order valence-corrected chi connectivity index (χ2v) is 5.80. The first-order chi connectivity index (χ1) is 11.6. The quantitative estimate of drug-likeness (QED) is 0.539. The van der Waals surface area contributed by atoms with Crippen LogP contribution < -0.4 is 10.6 Å². The van der Waals surface area contributed by atoms with Gasteiger partial charge in [-0.2, -0.15) is 0 Å². The van der Waals surface area contributed by atoms with Crippen LogP contribution in [0.5, 0.6) is 0 Å². The SMILES string of the molecule is CCNC(=O)C(CC(C)C)NC(=O)c1cc([N+](=O)[O-])cc([N+](=O)[O-])c1. The fourth-order valence-corrected chi connectivity index (χ4v) is 2.18. The molecule has 10 heteroatoms. The Morgan fingerprint density at radius 3 is 2.00 bits per heavy atom. The van der Waals surface area contributed by atoms with Crippen LogP contribution in [0.3, 0.4) is 0 Å². The Morgan fingerprint density at radius 2 is 1.60 bits per heavy atom. The maximum atomic E-state index is 12.4. The van der Waals surface area contributed by atoms with Crippen LogP contribution in [0, 0.1) is 26.1 Å². The van der Waals surface area contributed by atoms with Crippen LogP contribution in [-0.2, 0) is 4.79 Å². The van der Waals surface area contributed by atoms with Gasteiger partial charge in [0.25, 0.3) is 17.3 Å². The summed E-state index contributed by atoms with van der Waals surface area (Å²) in [5.74, 6) is -1.07. The lowest BCUT2D eigenvalue weighted by molar-refractivity contribution is -0.394. The van der Waals surface area contributed by atoms with Gasteiger partial charge in [-0.1, -0.05) is 13.8 Å². The van der Waals surface area contributed by atoms with Crippen LogP contribution in [0.1, 0.15) is 37.6 Å². The van der Waals surface area contributed by atoms with Crippen molar-refractivity contribution in [3.8, 4) is 0 Å². The van der Waals surface area contributed by atoms with Crippen molar-refractivity contribution in [2.75, 3.05) is 6.54 Å². The molecule has 0 aliphatic carbocycles. The van der Waals surface area contributed by atoms with Gasteiger partial charge in [0.15, 0.2) is 0 Å². The molecular formula is C15H20N4O6. The third kappa shape index (κ3) is 5.83. The first-order valence-electron chi connectivity index (χ1n) is 7.68. The Hall–Kier alpha value is -3.04. The van der Waals surface area contributed by atoms with Crippen LogP contribution in [0.25, 0.3) is 0 Å². The average molecular weight is 352 g/mol. The number of nitro groups is 2. The molecule has 136 valence electrons. The Bertz CT molecular complexity index is 656. The number of amides is 2. The van der Waals surface area contributed by atoms with E-state index in [9.17, 15) is 29.8 Å². The van der Waals surface area contributed by atoms with Crippen molar-refractivity contribution in [3.63, 3.8) is 0 Å². The van der Waals surface area contributed by atoms with Gasteiger partial charge in [-0.05, 0) is 19.3 Å². The molecule has 10 nitrogen and oxygen atoms in total. The van der Waals surface area contributed by atoms with Crippen molar-refractivity contribution in [1.82, 2.24) is 10.6 Å². The molecule has 0 radical (unpaired) electrons. The van der Waals surface area contributed by atoms with Gasteiger partial charge >= 0.3 is 0 Å². The van der Waals surface area contributed by atoms with E-state index in [0.29, 0.717) is 13.0 Å². The van der Waals surface area contributed by atoms with Crippen LogP contribution in [0.2, 0.25) is 0 Å². The molecule has 1 rings (SSSR count). The number of hydrogen-bond acceptors (Lipinski definition) is 6. The molecule has 0 heterocycles. The highest BCUT2D eigenvalue weighted by molar-refractivity contribution is 5.98. The zero-order valence-electron chi connectivity index (χ0n) is 14.1. The summed E-state index contributed by atoms with van der Waals surface area (Å²) in [5, 5.41) is 26.9. The minimum absolute atomic E-state index is 0.104. The summed E-state index contributed by atoms with van der Waals surface area (Å²) in [6, 6.07) is 1.80. The van der Waals surface area contributed by atoms with Crippen molar-refractivity contribution in [2.45, 2.75) is 33.2 Å². The second kappa shape index (κ2) is 8.71. The Morgan fingerprint density at radius 1 is 1.08 bits per heavy atom. The summed E-state index contributed by atoms with van der Waals surface area (Å²) in [6.45, 7) is 5.86. The van der Waals surface area contributed by atoms with Crippen molar-refractivity contribution in [1.29, 1.82) is 0 Å². The van der Waals surface area contributed by atoms with Crippen molar-refractivity contribution >= 4 is 23.2 Å². The number of carbonyl (C=O) groups excluding carboxylic acids is 2. The molecule has 1 atom stereocenters. The van der Waals surface area contributed by atoms with Gasteiger partial charge in [-0.3, -0.25) is 29.8 Å². The summed E-state index contributed by atoms with van der Waals surface area (Å²) in [7, 11) is 0. The van der Waals surface area contributed by atoms with Crippen LogP contribution >= 0.6 is 0 Å². The number of non-ortho nitro benzene ring substituents is 2. The molecular weight excluding hydrogens is 332 g/mol. The second-order valence-electron chi connectivity index (χ2n) is 5.80. The van der Waals surface area contributed by atoms with E-state index < -0.39 is 33.2 Å². The minimum Gasteiger partial charge on any atom is -0.355 e. The summed E-state index contributed by atoms with van der Waals surface area (Å²) >= 11 is 0. The topological polar surface area (TPSA) is 144 Å². The van der Waals surface area contributed by atoms with E-state index in [1.807, 2.05) is 13.8 Å². The standard InChI is InChI=1S/C15H20N4O6/c1-4-16-15(21)13(5-9(2)3)17-14(20)10-6-11(18(22)23)8-12(7-10)19(24)25/h6-9,13H,4-5H2,1-3H3,(H,16,21)(H,17,20). The first kappa shape index (κ1) is 20.0. The molecule has 0 aromatic heterocycles. The lowest BCUT2D eigenvalue weighted by Crippen LogP contribution is -2.47. The molecule has 25 heavy (non-hydrogen) atoms. The third-order valence-electron chi connectivity index (χ3n) is 3.27. The molecule has 0 saturated heterocycles. The number of nitrogens with zero attached hydrogens (tertiary/aromatic N) is 2. The molecule has 2 amide bonds. The molecule has 0 spiro atoms. The van der Waals surface area contributed by atoms with E-state index in [4.69, 9.17) is 0 Å².